The van der Waals surface area contributed by atoms with Crippen molar-refractivity contribution in [1.82, 2.24) is 0 Å². The standard InChI is InChI=1S/C15H16BrNO4/c1-15(2,3)21-14(19)8-12(18)17-13-7-9-6-10(16)4-5-11(9)20-13/h4-7H,8H2,1-3H3,(H,17,18). The second-order valence-corrected chi connectivity index (χ2v) is 6.52. The van der Waals surface area contributed by atoms with Crippen LogP contribution in [-0.4, -0.2) is 17.5 Å². The minimum Gasteiger partial charge on any atom is -0.460 e. The molecular weight excluding hydrogens is 338 g/mol. The molecule has 0 radical (unpaired) electrons. The van der Waals surface area contributed by atoms with E-state index in [0.717, 1.165) is 9.86 Å². The van der Waals surface area contributed by atoms with Crippen molar-refractivity contribution in [2.24, 2.45) is 0 Å². The lowest BCUT2D eigenvalue weighted by Crippen LogP contribution is -2.27. The van der Waals surface area contributed by atoms with Crippen molar-refractivity contribution in [2.45, 2.75) is 32.8 Å². The lowest BCUT2D eigenvalue weighted by Gasteiger charge is -2.19. The van der Waals surface area contributed by atoms with Crippen LogP contribution in [-0.2, 0) is 14.3 Å². The summed E-state index contributed by atoms with van der Waals surface area (Å²) < 4.78 is 11.5. The molecule has 1 aromatic carbocycles. The van der Waals surface area contributed by atoms with Gasteiger partial charge in [0.25, 0.3) is 0 Å². The molecule has 21 heavy (non-hydrogen) atoms. The van der Waals surface area contributed by atoms with Crippen LogP contribution in [0.15, 0.2) is 33.2 Å². The quantitative estimate of drug-likeness (QED) is 0.671. The van der Waals surface area contributed by atoms with Gasteiger partial charge in [-0.25, -0.2) is 0 Å². The van der Waals surface area contributed by atoms with Gasteiger partial charge in [-0.3, -0.25) is 14.9 Å². The van der Waals surface area contributed by atoms with Crippen LogP contribution in [0.25, 0.3) is 11.0 Å². The van der Waals surface area contributed by atoms with Crippen molar-refractivity contribution in [2.75, 3.05) is 5.32 Å². The first kappa shape index (κ1) is 15.6. The van der Waals surface area contributed by atoms with Crippen LogP contribution in [0.4, 0.5) is 5.88 Å². The molecule has 2 aromatic rings. The predicted molar refractivity (Wildman–Crippen MR) is 83.0 cm³/mol. The number of carbonyl (C=O) groups is 2. The van der Waals surface area contributed by atoms with E-state index in [0.29, 0.717) is 11.5 Å². The monoisotopic (exact) mass is 353 g/mol. The van der Waals surface area contributed by atoms with Gasteiger partial charge in [0.1, 0.15) is 17.6 Å². The minimum absolute atomic E-state index is 0.302. The Morgan fingerprint density at radius 2 is 2.00 bits per heavy atom. The fraction of sp³-hybridized carbons (Fsp3) is 0.333. The van der Waals surface area contributed by atoms with Crippen LogP contribution >= 0.6 is 15.9 Å². The molecule has 1 N–H and O–H groups in total. The van der Waals surface area contributed by atoms with Gasteiger partial charge in [0.15, 0.2) is 0 Å². The van der Waals surface area contributed by atoms with Crippen LogP contribution in [0.5, 0.6) is 0 Å². The summed E-state index contributed by atoms with van der Waals surface area (Å²) in [4.78, 5) is 23.3. The van der Waals surface area contributed by atoms with Crippen LogP contribution in [0, 0.1) is 0 Å². The first-order valence-electron chi connectivity index (χ1n) is 6.44. The SMILES string of the molecule is CC(C)(C)OC(=O)CC(=O)Nc1cc2cc(Br)ccc2o1. The lowest BCUT2D eigenvalue weighted by molar-refractivity contribution is -0.155. The average Bonchev–Trinajstić information content (AvgIpc) is 2.66. The zero-order chi connectivity index (χ0) is 15.6. The van der Waals surface area contributed by atoms with E-state index in [9.17, 15) is 9.59 Å². The van der Waals surface area contributed by atoms with Gasteiger partial charge in [-0.15, -0.1) is 0 Å². The Bertz CT molecular complexity index is 685. The summed E-state index contributed by atoms with van der Waals surface area (Å²) in [7, 11) is 0. The third-order valence-corrected chi connectivity index (χ3v) is 2.96. The highest BCUT2D eigenvalue weighted by molar-refractivity contribution is 9.10. The fourth-order valence-electron chi connectivity index (χ4n) is 1.77. The number of furan rings is 1. The minimum atomic E-state index is -0.608. The number of nitrogens with one attached hydrogen (secondary N) is 1. The molecule has 0 aliphatic carbocycles. The fourth-order valence-corrected chi connectivity index (χ4v) is 2.14. The Kier molecular flexibility index (Phi) is 4.37. The molecule has 1 heterocycles. The summed E-state index contributed by atoms with van der Waals surface area (Å²) in [5.41, 5.74) is 0.0500. The van der Waals surface area contributed by atoms with Crippen LogP contribution < -0.4 is 5.32 Å². The van der Waals surface area contributed by atoms with Gasteiger partial charge < -0.3 is 9.15 Å². The maximum atomic E-state index is 11.8. The topological polar surface area (TPSA) is 68.5 Å². The number of anilines is 1. The van der Waals surface area contributed by atoms with Crippen molar-refractivity contribution in [3.8, 4) is 0 Å². The first-order valence-corrected chi connectivity index (χ1v) is 7.23. The molecule has 0 aliphatic rings. The summed E-state index contributed by atoms with van der Waals surface area (Å²) in [6, 6.07) is 7.22. The Morgan fingerprint density at radius 3 is 2.67 bits per heavy atom. The van der Waals surface area contributed by atoms with Crippen LogP contribution in [0.3, 0.4) is 0 Å². The highest BCUT2D eigenvalue weighted by Crippen LogP contribution is 2.26. The molecule has 6 heteroatoms. The molecule has 1 amide bonds. The maximum Gasteiger partial charge on any atom is 0.315 e. The number of amides is 1. The number of hydrogen-bond donors (Lipinski definition) is 1. The van der Waals surface area contributed by atoms with Gasteiger partial charge in [0, 0.05) is 15.9 Å². The molecule has 0 atom stereocenters. The second kappa shape index (κ2) is 5.89. The van der Waals surface area contributed by atoms with Gasteiger partial charge in [-0.1, -0.05) is 15.9 Å². The number of carbonyl (C=O) groups excluding carboxylic acids is 2. The highest BCUT2D eigenvalue weighted by atomic mass is 79.9. The van der Waals surface area contributed by atoms with Gasteiger partial charge in [0.05, 0.1) is 0 Å². The molecule has 0 spiro atoms. The molecule has 5 nitrogen and oxygen atoms in total. The van der Waals surface area contributed by atoms with E-state index in [2.05, 4.69) is 21.2 Å². The van der Waals surface area contributed by atoms with Crippen LogP contribution in [0.2, 0.25) is 0 Å². The average molecular weight is 354 g/mol. The van der Waals surface area contributed by atoms with Crippen molar-refractivity contribution in [1.29, 1.82) is 0 Å². The summed E-state index contributed by atoms with van der Waals surface area (Å²) in [5.74, 6) is -0.738. The van der Waals surface area contributed by atoms with Crippen molar-refractivity contribution in [3.63, 3.8) is 0 Å². The molecular formula is C15H16BrNO4. The molecule has 0 fully saturated rings. The Morgan fingerprint density at radius 1 is 1.29 bits per heavy atom. The zero-order valence-electron chi connectivity index (χ0n) is 12.0. The zero-order valence-corrected chi connectivity index (χ0v) is 13.6. The molecule has 112 valence electrons. The van der Waals surface area contributed by atoms with E-state index in [4.69, 9.17) is 9.15 Å². The van der Waals surface area contributed by atoms with E-state index in [1.54, 1.807) is 32.9 Å². The number of hydrogen-bond acceptors (Lipinski definition) is 4. The number of ether oxygens (including phenoxy) is 1. The molecule has 0 bridgehead atoms. The van der Waals surface area contributed by atoms with Crippen molar-refractivity contribution < 1.29 is 18.7 Å². The van der Waals surface area contributed by atoms with E-state index in [1.165, 1.54) is 0 Å². The first-order chi connectivity index (χ1) is 9.73. The normalized spacial score (nSPS) is 11.4. The number of benzene rings is 1. The summed E-state index contributed by atoms with van der Waals surface area (Å²) in [6.45, 7) is 5.25. The summed E-state index contributed by atoms with van der Waals surface area (Å²) in [6.07, 6.45) is -0.349. The Labute approximate surface area is 130 Å². The highest BCUT2D eigenvalue weighted by Gasteiger charge is 2.19. The van der Waals surface area contributed by atoms with E-state index < -0.39 is 17.5 Å². The maximum absolute atomic E-state index is 11.8. The van der Waals surface area contributed by atoms with Crippen molar-refractivity contribution in [3.05, 3.63) is 28.7 Å². The number of fused-ring (bicyclic) bond motifs is 1. The number of rotatable bonds is 3. The lowest BCUT2D eigenvalue weighted by atomic mass is 10.2. The molecule has 0 aliphatic heterocycles. The van der Waals surface area contributed by atoms with E-state index in [1.807, 2.05) is 12.1 Å². The van der Waals surface area contributed by atoms with Gasteiger partial charge in [-0.05, 0) is 39.0 Å². The van der Waals surface area contributed by atoms with Gasteiger partial charge in [-0.2, -0.15) is 0 Å². The number of halogens is 1. The molecule has 2 rings (SSSR count). The van der Waals surface area contributed by atoms with E-state index in [-0.39, 0.29) is 6.42 Å². The summed E-state index contributed by atoms with van der Waals surface area (Å²) in [5, 5.41) is 3.40. The smallest absolute Gasteiger partial charge is 0.315 e. The molecule has 0 unspecified atom stereocenters. The Hall–Kier alpha value is -1.82. The van der Waals surface area contributed by atoms with Crippen molar-refractivity contribution >= 4 is 44.7 Å². The van der Waals surface area contributed by atoms with Crippen LogP contribution in [0.1, 0.15) is 27.2 Å². The second-order valence-electron chi connectivity index (χ2n) is 5.60. The third kappa shape index (κ3) is 4.60. The molecule has 0 saturated heterocycles. The molecule has 0 saturated carbocycles. The summed E-state index contributed by atoms with van der Waals surface area (Å²) >= 11 is 3.36. The predicted octanol–water partition coefficient (Wildman–Crippen LogP) is 3.87. The molecule has 1 aromatic heterocycles. The van der Waals surface area contributed by atoms with Gasteiger partial charge in [0.2, 0.25) is 11.8 Å². The largest absolute Gasteiger partial charge is 0.460 e. The third-order valence-electron chi connectivity index (χ3n) is 2.47. The Balaban J connectivity index is 1.99. The number of esters is 1. The van der Waals surface area contributed by atoms with Gasteiger partial charge >= 0.3 is 5.97 Å². The van der Waals surface area contributed by atoms with E-state index >= 15 is 0 Å².